The molecule has 2 fully saturated rings. The Bertz CT molecular complexity index is 1320. The van der Waals surface area contributed by atoms with Crippen molar-refractivity contribution < 1.29 is 19.1 Å². The van der Waals surface area contributed by atoms with Crippen LogP contribution in [-0.4, -0.2) is 35.4 Å². The van der Waals surface area contributed by atoms with Crippen molar-refractivity contribution in [3.05, 3.63) is 93.4 Å². The molecule has 7 nitrogen and oxygen atoms in total. The highest BCUT2D eigenvalue weighted by Gasteiger charge is 2.60. The molecule has 0 radical (unpaired) electrons. The van der Waals surface area contributed by atoms with E-state index in [1.807, 2.05) is 13.0 Å². The third-order valence-corrected chi connectivity index (χ3v) is 7.01. The van der Waals surface area contributed by atoms with Gasteiger partial charge in [-0.25, -0.2) is 10.3 Å². The molecule has 0 bridgehead atoms. The van der Waals surface area contributed by atoms with E-state index < -0.39 is 35.7 Å². The summed E-state index contributed by atoms with van der Waals surface area (Å²) in [5, 5.41) is 1.72. The van der Waals surface area contributed by atoms with E-state index >= 15 is 0 Å². The molecule has 2 aliphatic rings. The summed E-state index contributed by atoms with van der Waals surface area (Å²) in [6.45, 7) is 2.38. The number of rotatable bonds is 5. The number of imide groups is 1. The van der Waals surface area contributed by atoms with Crippen LogP contribution in [0, 0.1) is 5.92 Å². The molecule has 0 spiro atoms. The van der Waals surface area contributed by atoms with Crippen LogP contribution < -0.4 is 15.1 Å². The molecule has 3 atom stereocenters. The molecular weight excluding hydrogens is 534 g/mol. The van der Waals surface area contributed by atoms with Crippen molar-refractivity contribution >= 4 is 50.9 Å². The second kappa shape index (κ2) is 9.45. The summed E-state index contributed by atoms with van der Waals surface area (Å²) < 4.78 is 6.21. The largest absolute Gasteiger partial charge is 0.494 e. The molecule has 1 N–H and O–H groups in total. The summed E-state index contributed by atoms with van der Waals surface area (Å²) in [6, 6.07) is 19.1. The van der Waals surface area contributed by atoms with Gasteiger partial charge in [-0.3, -0.25) is 19.4 Å². The van der Waals surface area contributed by atoms with Crippen LogP contribution in [0.15, 0.2) is 77.3 Å². The zero-order valence-electron chi connectivity index (χ0n) is 18.7. The number of carbonyl (C=O) groups excluding carboxylic acids is 3. The van der Waals surface area contributed by atoms with Gasteiger partial charge in [-0.1, -0.05) is 51.8 Å². The van der Waals surface area contributed by atoms with Gasteiger partial charge in [0.2, 0.25) is 5.91 Å². The topological polar surface area (TPSA) is 79.0 Å². The van der Waals surface area contributed by atoms with Gasteiger partial charge in [0.05, 0.1) is 24.3 Å². The first-order valence-corrected chi connectivity index (χ1v) is 12.3. The number of nitrogens with one attached hydrogen (secondary N) is 1. The highest BCUT2D eigenvalue weighted by atomic mass is 79.9. The Morgan fingerprint density at radius 3 is 2.46 bits per heavy atom. The Balaban J connectivity index is 1.56. The van der Waals surface area contributed by atoms with E-state index in [9.17, 15) is 14.4 Å². The van der Waals surface area contributed by atoms with Crippen LogP contribution in [0.2, 0.25) is 5.02 Å². The van der Waals surface area contributed by atoms with Crippen LogP contribution in [0.1, 0.15) is 28.9 Å². The maximum absolute atomic E-state index is 13.7. The molecular formula is C26H21BrClN3O4. The maximum Gasteiger partial charge on any atom is 0.268 e. The molecule has 0 aliphatic carbocycles. The van der Waals surface area contributed by atoms with Crippen molar-refractivity contribution in [3.8, 4) is 5.75 Å². The highest BCUT2D eigenvalue weighted by molar-refractivity contribution is 9.10. The molecule has 5 rings (SSSR count). The van der Waals surface area contributed by atoms with Gasteiger partial charge in [-0.2, -0.15) is 0 Å². The lowest BCUT2D eigenvalue weighted by Crippen LogP contribution is -2.48. The van der Waals surface area contributed by atoms with E-state index in [4.69, 9.17) is 16.3 Å². The number of ether oxygens (including phenoxy) is 1. The molecule has 0 unspecified atom stereocenters. The molecule has 2 aliphatic heterocycles. The lowest BCUT2D eigenvalue weighted by atomic mass is 9.91. The Kier molecular flexibility index (Phi) is 6.35. The normalized spacial score (nSPS) is 21.4. The van der Waals surface area contributed by atoms with E-state index in [0.29, 0.717) is 34.2 Å². The quantitative estimate of drug-likeness (QED) is 0.460. The summed E-state index contributed by atoms with van der Waals surface area (Å²) in [4.78, 5) is 42.1. The van der Waals surface area contributed by atoms with E-state index in [1.54, 1.807) is 66.7 Å². The number of hydrogen-bond donors (Lipinski definition) is 1. The highest BCUT2D eigenvalue weighted by Crippen LogP contribution is 2.44. The Morgan fingerprint density at radius 1 is 1.03 bits per heavy atom. The van der Waals surface area contributed by atoms with E-state index in [2.05, 4.69) is 21.4 Å². The summed E-state index contributed by atoms with van der Waals surface area (Å²) >= 11 is 9.85. The zero-order chi connectivity index (χ0) is 24.7. The van der Waals surface area contributed by atoms with Crippen LogP contribution in [-0.2, 0) is 9.59 Å². The van der Waals surface area contributed by atoms with Gasteiger partial charge in [0.15, 0.2) is 0 Å². The molecule has 2 saturated heterocycles. The molecule has 35 heavy (non-hydrogen) atoms. The lowest BCUT2D eigenvalue weighted by Gasteiger charge is -2.25. The average Bonchev–Trinajstić information content (AvgIpc) is 3.36. The first kappa shape index (κ1) is 23.5. The van der Waals surface area contributed by atoms with Crippen LogP contribution in [0.5, 0.6) is 5.75 Å². The van der Waals surface area contributed by atoms with Crippen LogP contribution in [0.3, 0.4) is 0 Å². The first-order chi connectivity index (χ1) is 16.9. The van der Waals surface area contributed by atoms with Crippen LogP contribution in [0.4, 0.5) is 5.69 Å². The van der Waals surface area contributed by atoms with Crippen molar-refractivity contribution in [1.29, 1.82) is 0 Å². The second-order valence-corrected chi connectivity index (χ2v) is 9.55. The van der Waals surface area contributed by atoms with Crippen LogP contribution >= 0.6 is 27.5 Å². The summed E-state index contributed by atoms with van der Waals surface area (Å²) in [5.41, 5.74) is 4.57. The van der Waals surface area contributed by atoms with Crippen molar-refractivity contribution in [1.82, 2.24) is 10.4 Å². The fourth-order valence-electron chi connectivity index (χ4n) is 4.63. The third kappa shape index (κ3) is 4.11. The summed E-state index contributed by atoms with van der Waals surface area (Å²) in [5.74, 6) is -1.49. The van der Waals surface area contributed by atoms with Crippen molar-refractivity contribution in [2.75, 3.05) is 11.5 Å². The second-order valence-electron chi connectivity index (χ2n) is 8.22. The molecule has 0 saturated carbocycles. The number of fused-ring (bicyclic) bond motifs is 1. The van der Waals surface area contributed by atoms with E-state index in [0.717, 1.165) is 9.37 Å². The van der Waals surface area contributed by atoms with Crippen molar-refractivity contribution in [2.24, 2.45) is 5.92 Å². The van der Waals surface area contributed by atoms with Gasteiger partial charge in [0.1, 0.15) is 11.8 Å². The fraction of sp³-hybridized carbons (Fsp3) is 0.192. The molecule has 178 valence electrons. The smallest absolute Gasteiger partial charge is 0.268 e. The maximum atomic E-state index is 13.7. The summed E-state index contributed by atoms with van der Waals surface area (Å²) in [6.07, 6.45) is 0. The Morgan fingerprint density at radius 2 is 1.77 bits per heavy atom. The van der Waals surface area contributed by atoms with E-state index in [-0.39, 0.29) is 0 Å². The fourth-order valence-corrected chi connectivity index (χ4v) is 5.29. The number of hydrazine groups is 1. The van der Waals surface area contributed by atoms with Crippen molar-refractivity contribution in [3.63, 3.8) is 0 Å². The van der Waals surface area contributed by atoms with Crippen molar-refractivity contribution in [2.45, 2.75) is 19.0 Å². The molecule has 3 amide bonds. The van der Waals surface area contributed by atoms with Gasteiger partial charge < -0.3 is 4.74 Å². The molecule has 9 heteroatoms. The molecule has 0 aromatic heterocycles. The standard InChI is InChI=1S/C26H21BrClN3O4/c1-2-35-18-12-10-17(11-13-18)30-25(33)21-22(19-8-3-4-9-20(19)28)29-31(23(21)26(30)34)24(32)15-6-5-7-16(27)14-15/h3-14,21-23,29H,2H2,1H3/t21-,22+,23-/m1/s1. The number of benzene rings is 3. The van der Waals surface area contributed by atoms with Gasteiger partial charge in [-0.05, 0) is 61.0 Å². The molecule has 3 aromatic carbocycles. The van der Waals surface area contributed by atoms with Crippen LogP contribution in [0.25, 0.3) is 0 Å². The Labute approximate surface area is 215 Å². The van der Waals surface area contributed by atoms with Gasteiger partial charge in [0, 0.05) is 15.1 Å². The number of halogens is 2. The Hall–Kier alpha value is -3.20. The van der Waals surface area contributed by atoms with Gasteiger partial charge in [-0.15, -0.1) is 0 Å². The minimum Gasteiger partial charge on any atom is -0.494 e. The third-order valence-electron chi connectivity index (χ3n) is 6.17. The number of amides is 3. The predicted molar refractivity (Wildman–Crippen MR) is 135 cm³/mol. The average molecular weight is 555 g/mol. The number of hydrogen-bond acceptors (Lipinski definition) is 5. The minimum atomic E-state index is -1.03. The summed E-state index contributed by atoms with van der Waals surface area (Å²) in [7, 11) is 0. The minimum absolute atomic E-state index is 0.380. The number of nitrogens with zero attached hydrogens (tertiary/aromatic N) is 2. The monoisotopic (exact) mass is 553 g/mol. The number of carbonyl (C=O) groups is 3. The van der Waals surface area contributed by atoms with E-state index in [1.165, 1.54) is 5.01 Å². The first-order valence-electron chi connectivity index (χ1n) is 11.1. The molecule has 3 aromatic rings. The lowest BCUT2D eigenvalue weighted by molar-refractivity contribution is -0.123. The van der Waals surface area contributed by atoms with Gasteiger partial charge >= 0.3 is 0 Å². The predicted octanol–water partition coefficient (Wildman–Crippen LogP) is 4.76. The SMILES string of the molecule is CCOc1ccc(N2C(=O)[C@@H]3[C@H](c4ccccc4Cl)NN(C(=O)c4cccc(Br)c4)[C@H]3C2=O)cc1. The molecule has 2 heterocycles. The number of anilines is 1. The van der Waals surface area contributed by atoms with Gasteiger partial charge in [0.25, 0.3) is 11.8 Å². The zero-order valence-corrected chi connectivity index (χ0v) is 21.0.